The highest BCUT2D eigenvalue weighted by Gasteiger charge is 2.20. The molecule has 5 heteroatoms. The van der Waals surface area contributed by atoms with E-state index >= 15 is 0 Å². The predicted molar refractivity (Wildman–Crippen MR) is 56.8 cm³/mol. The third-order valence-corrected chi connectivity index (χ3v) is 2.47. The molecule has 0 aromatic carbocycles. The van der Waals surface area contributed by atoms with Crippen molar-refractivity contribution in [3.05, 3.63) is 22.6 Å². The monoisotopic (exact) mass is 209 g/mol. The van der Waals surface area contributed by atoms with Crippen molar-refractivity contribution in [3.63, 3.8) is 0 Å². The first-order chi connectivity index (χ1) is 7.29. The second-order valence-corrected chi connectivity index (χ2v) is 3.85. The first-order valence-electron chi connectivity index (χ1n) is 5.21. The Labute approximate surface area is 87.7 Å². The van der Waals surface area contributed by atoms with Crippen molar-refractivity contribution in [2.24, 2.45) is 5.92 Å². The Morgan fingerprint density at radius 2 is 2.40 bits per heavy atom. The van der Waals surface area contributed by atoms with Gasteiger partial charge in [0.2, 0.25) is 0 Å². The molecule has 0 radical (unpaired) electrons. The number of anilines is 1. The summed E-state index contributed by atoms with van der Waals surface area (Å²) in [5.41, 5.74) is 0.589. The van der Waals surface area contributed by atoms with Crippen LogP contribution in [0.5, 0.6) is 0 Å². The maximum Gasteiger partial charge on any atom is 0.268 e. The zero-order valence-corrected chi connectivity index (χ0v) is 8.52. The Morgan fingerprint density at radius 1 is 1.60 bits per heavy atom. The Balaban J connectivity index is 1.99. The van der Waals surface area contributed by atoms with Crippen LogP contribution >= 0.6 is 0 Å². The molecule has 0 unspecified atom stereocenters. The van der Waals surface area contributed by atoms with Gasteiger partial charge in [0.25, 0.3) is 5.56 Å². The molecule has 0 saturated heterocycles. The highest BCUT2D eigenvalue weighted by Crippen LogP contribution is 2.28. The molecule has 1 fully saturated rings. The van der Waals surface area contributed by atoms with Crippen LogP contribution in [0.4, 0.5) is 5.69 Å². The van der Waals surface area contributed by atoms with Crippen LogP contribution in [0.1, 0.15) is 12.8 Å². The van der Waals surface area contributed by atoms with E-state index < -0.39 is 0 Å². The largest absolute Gasteiger partial charge is 0.394 e. The van der Waals surface area contributed by atoms with Crippen molar-refractivity contribution in [2.75, 3.05) is 18.5 Å². The first kappa shape index (κ1) is 10.2. The lowest BCUT2D eigenvalue weighted by Crippen LogP contribution is -2.24. The van der Waals surface area contributed by atoms with E-state index in [0.29, 0.717) is 0 Å². The quantitative estimate of drug-likeness (QED) is 0.719. The lowest BCUT2D eigenvalue weighted by Gasteiger charge is -2.06. The average Bonchev–Trinajstić information content (AvgIpc) is 3.03. The molecule has 1 saturated carbocycles. The van der Waals surface area contributed by atoms with E-state index in [1.807, 2.05) is 0 Å². The second kappa shape index (κ2) is 4.44. The molecule has 1 aromatic heterocycles. The fourth-order valence-electron chi connectivity index (χ4n) is 1.38. The number of aromatic nitrogens is 2. The van der Waals surface area contributed by atoms with Gasteiger partial charge in [0, 0.05) is 12.6 Å². The van der Waals surface area contributed by atoms with E-state index in [2.05, 4.69) is 10.4 Å². The summed E-state index contributed by atoms with van der Waals surface area (Å²) < 4.78 is 1.25. The molecule has 2 rings (SSSR count). The van der Waals surface area contributed by atoms with Crippen molar-refractivity contribution in [1.29, 1.82) is 0 Å². The minimum Gasteiger partial charge on any atom is -0.394 e. The standard InChI is InChI=1S/C10H15N3O2/c14-4-3-13-10(15)5-9(7-12-13)11-6-8-1-2-8/h5,7-8,11,14H,1-4,6H2. The lowest BCUT2D eigenvalue weighted by molar-refractivity contribution is 0.266. The summed E-state index contributed by atoms with van der Waals surface area (Å²) in [6, 6.07) is 1.52. The van der Waals surface area contributed by atoms with Gasteiger partial charge >= 0.3 is 0 Å². The van der Waals surface area contributed by atoms with E-state index in [9.17, 15) is 4.79 Å². The second-order valence-electron chi connectivity index (χ2n) is 3.85. The minimum absolute atomic E-state index is 0.0677. The molecule has 0 aliphatic heterocycles. The van der Waals surface area contributed by atoms with Crippen LogP contribution in [0, 0.1) is 5.92 Å². The van der Waals surface area contributed by atoms with Crippen LogP contribution in [0.2, 0.25) is 0 Å². The average molecular weight is 209 g/mol. The molecule has 1 aliphatic rings. The van der Waals surface area contributed by atoms with Gasteiger partial charge in [-0.1, -0.05) is 0 Å². The molecule has 1 aromatic rings. The predicted octanol–water partition coefficient (Wildman–Crippen LogP) is 0.0575. The number of aliphatic hydroxyl groups excluding tert-OH is 1. The molecule has 0 spiro atoms. The van der Waals surface area contributed by atoms with Gasteiger partial charge in [0.05, 0.1) is 25.0 Å². The zero-order valence-electron chi connectivity index (χ0n) is 8.52. The summed E-state index contributed by atoms with van der Waals surface area (Å²) in [5, 5.41) is 15.8. The number of nitrogens with one attached hydrogen (secondary N) is 1. The summed E-state index contributed by atoms with van der Waals surface area (Å²) in [5.74, 6) is 0.768. The van der Waals surface area contributed by atoms with Crippen LogP contribution in [0.25, 0.3) is 0 Å². The summed E-state index contributed by atoms with van der Waals surface area (Å²) >= 11 is 0. The molecule has 0 amide bonds. The Bertz CT molecular complexity index is 384. The third-order valence-electron chi connectivity index (χ3n) is 2.47. The SMILES string of the molecule is O=c1cc(NCC2CC2)cnn1CCO. The topological polar surface area (TPSA) is 67.2 Å². The number of hydrogen-bond donors (Lipinski definition) is 2. The highest BCUT2D eigenvalue weighted by atomic mass is 16.3. The summed E-state index contributed by atoms with van der Waals surface area (Å²) in [6.07, 6.45) is 4.18. The smallest absolute Gasteiger partial charge is 0.268 e. The molecule has 1 aliphatic carbocycles. The maximum atomic E-state index is 11.4. The van der Waals surface area contributed by atoms with Gasteiger partial charge in [-0.05, 0) is 18.8 Å². The molecular formula is C10H15N3O2. The lowest BCUT2D eigenvalue weighted by atomic mass is 10.4. The van der Waals surface area contributed by atoms with E-state index in [-0.39, 0.29) is 18.7 Å². The minimum atomic E-state index is -0.176. The Morgan fingerprint density at radius 3 is 3.00 bits per heavy atom. The summed E-state index contributed by atoms with van der Waals surface area (Å²) in [6.45, 7) is 1.11. The van der Waals surface area contributed by atoms with Crippen LogP contribution in [-0.4, -0.2) is 28.0 Å². The van der Waals surface area contributed by atoms with Gasteiger partial charge in [-0.3, -0.25) is 4.79 Å². The third kappa shape index (κ3) is 2.79. The van der Waals surface area contributed by atoms with E-state index in [0.717, 1.165) is 18.2 Å². The molecule has 0 atom stereocenters. The molecule has 82 valence electrons. The molecular weight excluding hydrogens is 194 g/mol. The first-order valence-corrected chi connectivity index (χ1v) is 5.21. The maximum absolute atomic E-state index is 11.4. The normalized spacial score (nSPS) is 15.3. The van der Waals surface area contributed by atoms with Gasteiger partial charge in [0.15, 0.2) is 0 Å². The van der Waals surface area contributed by atoms with E-state index in [1.54, 1.807) is 6.20 Å². The number of hydrogen-bond acceptors (Lipinski definition) is 4. The summed E-state index contributed by atoms with van der Waals surface area (Å²) in [7, 11) is 0. The van der Waals surface area contributed by atoms with Gasteiger partial charge in [-0.15, -0.1) is 0 Å². The summed E-state index contributed by atoms with van der Waals surface area (Å²) in [4.78, 5) is 11.4. The number of nitrogens with zero attached hydrogens (tertiary/aromatic N) is 2. The van der Waals surface area contributed by atoms with Crippen LogP contribution < -0.4 is 10.9 Å². The fourth-order valence-corrected chi connectivity index (χ4v) is 1.38. The highest BCUT2D eigenvalue weighted by molar-refractivity contribution is 5.38. The molecule has 0 bridgehead atoms. The van der Waals surface area contributed by atoms with Crippen molar-refractivity contribution in [2.45, 2.75) is 19.4 Å². The van der Waals surface area contributed by atoms with Crippen molar-refractivity contribution < 1.29 is 5.11 Å². The van der Waals surface area contributed by atoms with Crippen LogP contribution in [0.15, 0.2) is 17.1 Å². The number of aliphatic hydroxyl groups is 1. The van der Waals surface area contributed by atoms with Crippen molar-refractivity contribution in [1.82, 2.24) is 9.78 Å². The van der Waals surface area contributed by atoms with Crippen LogP contribution in [-0.2, 0) is 6.54 Å². The number of rotatable bonds is 5. The molecule has 2 N–H and O–H groups in total. The van der Waals surface area contributed by atoms with Gasteiger partial charge in [0.1, 0.15) is 0 Å². The van der Waals surface area contributed by atoms with Gasteiger partial charge in [-0.25, -0.2) is 4.68 Å². The zero-order chi connectivity index (χ0) is 10.7. The van der Waals surface area contributed by atoms with Crippen LogP contribution in [0.3, 0.4) is 0 Å². The van der Waals surface area contributed by atoms with Crippen molar-refractivity contribution >= 4 is 5.69 Å². The van der Waals surface area contributed by atoms with E-state index in [4.69, 9.17) is 5.11 Å². The molecule has 15 heavy (non-hydrogen) atoms. The van der Waals surface area contributed by atoms with Gasteiger partial charge in [-0.2, -0.15) is 5.10 Å². The van der Waals surface area contributed by atoms with Crippen molar-refractivity contribution in [3.8, 4) is 0 Å². The molecule has 1 heterocycles. The molecule has 5 nitrogen and oxygen atoms in total. The fraction of sp³-hybridized carbons (Fsp3) is 0.600. The van der Waals surface area contributed by atoms with E-state index in [1.165, 1.54) is 23.6 Å². The Hall–Kier alpha value is -1.36. The Kier molecular flexibility index (Phi) is 3.01. The van der Waals surface area contributed by atoms with Gasteiger partial charge < -0.3 is 10.4 Å².